The molecule has 0 fully saturated rings. The molecule has 0 spiro atoms. The summed E-state index contributed by atoms with van der Waals surface area (Å²) in [5.74, 6) is 1.90. The van der Waals surface area contributed by atoms with Gasteiger partial charge < -0.3 is 0 Å². The van der Waals surface area contributed by atoms with E-state index in [1.54, 1.807) is 0 Å². The lowest BCUT2D eigenvalue weighted by Crippen LogP contribution is -2.28. The van der Waals surface area contributed by atoms with Crippen LogP contribution in [0.4, 0.5) is 0 Å². The minimum atomic E-state index is -0.539. The van der Waals surface area contributed by atoms with Gasteiger partial charge in [-0.1, -0.05) is 194 Å². The lowest BCUT2D eigenvalue weighted by atomic mass is 9.67. The summed E-state index contributed by atoms with van der Waals surface area (Å²) in [7, 11) is 0. The molecule has 0 saturated heterocycles. The van der Waals surface area contributed by atoms with Crippen molar-refractivity contribution in [2.75, 3.05) is 0 Å². The zero-order valence-electron chi connectivity index (χ0n) is 33.2. The van der Waals surface area contributed by atoms with Crippen molar-refractivity contribution in [3.05, 3.63) is 247 Å². The molecule has 12 rings (SSSR count). The van der Waals surface area contributed by atoms with Crippen LogP contribution in [0.25, 0.3) is 88.7 Å². The maximum atomic E-state index is 5.33. The van der Waals surface area contributed by atoms with Crippen LogP contribution in [0.5, 0.6) is 0 Å². The molecule has 1 aliphatic rings. The molecule has 0 bridgehead atoms. The van der Waals surface area contributed by atoms with Gasteiger partial charge in [0.2, 0.25) is 0 Å². The van der Waals surface area contributed by atoms with E-state index in [0.717, 1.165) is 32.8 Å². The van der Waals surface area contributed by atoms with Crippen LogP contribution in [-0.2, 0) is 5.41 Å². The minimum Gasteiger partial charge on any atom is -0.208 e. The van der Waals surface area contributed by atoms with Gasteiger partial charge in [-0.2, -0.15) is 0 Å². The van der Waals surface area contributed by atoms with Crippen molar-refractivity contribution in [2.24, 2.45) is 0 Å². The summed E-state index contributed by atoms with van der Waals surface area (Å²) in [5.41, 5.74) is 12.0. The zero-order chi connectivity index (χ0) is 40.3. The highest BCUT2D eigenvalue weighted by Crippen LogP contribution is 2.56. The van der Waals surface area contributed by atoms with Gasteiger partial charge in [-0.25, -0.2) is 15.0 Å². The molecule has 0 saturated carbocycles. The second-order valence-electron chi connectivity index (χ2n) is 16.0. The Kier molecular flexibility index (Phi) is 8.07. The summed E-state index contributed by atoms with van der Waals surface area (Å²) >= 11 is 0. The summed E-state index contributed by atoms with van der Waals surface area (Å²) in [6.07, 6.45) is 0. The van der Waals surface area contributed by atoms with Crippen LogP contribution in [-0.4, -0.2) is 15.0 Å². The molecule has 10 aromatic carbocycles. The molecule has 3 heteroatoms. The van der Waals surface area contributed by atoms with Crippen LogP contribution in [0.3, 0.4) is 0 Å². The summed E-state index contributed by atoms with van der Waals surface area (Å²) in [6.45, 7) is 0. The third kappa shape index (κ3) is 5.78. The monoisotopic (exact) mass is 775 g/mol. The highest BCUT2D eigenvalue weighted by atomic mass is 15.0. The molecule has 0 unspecified atom stereocenters. The molecule has 1 aromatic heterocycles. The van der Waals surface area contributed by atoms with Crippen LogP contribution in [0, 0.1) is 0 Å². The number of aromatic nitrogens is 3. The lowest BCUT2D eigenvalue weighted by Gasteiger charge is -2.34. The third-order valence-corrected chi connectivity index (χ3v) is 12.5. The van der Waals surface area contributed by atoms with Crippen molar-refractivity contribution in [2.45, 2.75) is 5.41 Å². The van der Waals surface area contributed by atoms with E-state index in [1.165, 1.54) is 60.7 Å². The molecule has 61 heavy (non-hydrogen) atoms. The van der Waals surface area contributed by atoms with Gasteiger partial charge >= 0.3 is 0 Å². The maximum Gasteiger partial charge on any atom is 0.164 e. The van der Waals surface area contributed by atoms with Gasteiger partial charge in [0.1, 0.15) is 0 Å². The molecule has 1 aliphatic carbocycles. The topological polar surface area (TPSA) is 38.7 Å². The first-order valence-corrected chi connectivity index (χ1v) is 20.8. The van der Waals surface area contributed by atoms with Crippen molar-refractivity contribution >= 4 is 32.3 Å². The van der Waals surface area contributed by atoms with Crippen LogP contribution < -0.4 is 0 Å². The summed E-state index contributed by atoms with van der Waals surface area (Å²) in [5, 5.41) is 7.07. The van der Waals surface area contributed by atoms with Crippen molar-refractivity contribution in [1.29, 1.82) is 0 Å². The normalized spacial score (nSPS) is 12.7. The molecule has 0 aliphatic heterocycles. The number of nitrogens with zero attached hydrogens (tertiary/aromatic N) is 3. The number of benzene rings is 10. The number of hydrogen-bond acceptors (Lipinski definition) is 3. The number of fused-ring (bicyclic) bond motifs is 6. The van der Waals surface area contributed by atoms with Crippen LogP contribution in [0.2, 0.25) is 0 Å². The smallest absolute Gasteiger partial charge is 0.164 e. The largest absolute Gasteiger partial charge is 0.208 e. The quantitative estimate of drug-likeness (QED) is 0.169. The highest BCUT2D eigenvalue weighted by Gasteiger charge is 2.46. The van der Waals surface area contributed by atoms with Gasteiger partial charge in [0.05, 0.1) is 5.41 Å². The first-order valence-electron chi connectivity index (χ1n) is 20.8. The molecule has 0 N–H and O–H groups in total. The Morgan fingerprint density at radius 1 is 0.246 bits per heavy atom. The molecule has 284 valence electrons. The zero-order valence-corrected chi connectivity index (χ0v) is 33.2. The highest BCUT2D eigenvalue weighted by molar-refractivity contribution is 5.94. The third-order valence-electron chi connectivity index (χ3n) is 12.5. The fraction of sp³-hybridized carbons (Fsp3) is 0.0172. The van der Waals surface area contributed by atoms with E-state index in [4.69, 9.17) is 15.0 Å². The summed E-state index contributed by atoms with van der Waals surface area (Å²) < 4.78 is 0. The predicted octanol–water partition coefficient (Wildman–Crippen LogP) is 14.4. The Hall–Kier alpha value is -8.01. The second kappa shape index (κ2) is 14.1. The van der Waals surface area contributed by atoms with E-state index < -0.39 is 5.41 Å². The van der Waals surface area contributed by atoms with Gasteiger partial charge in [0.25, 0.3) is 0 Å². The summed E-state index contributed by atoms with van der Waals surface area (Å²) in [4.78, 5) is 15.9. The average molecular weight is 776 g/mol. The molecular formula is C58H37N3. The molecule has 0 amide bonds. The maximum absolute atomic E-state index is 5.33. The molecule has 3 nitrogen and oxygen atoms in total. The van der Waals surface area contributed by atoms with Gasteiger partial charge in [0, 0.05) is 16.7 Å². The van der Waals surface area contributed by atoms with Crippen molar-refractivity contribution in [3.8, 4) is 56.4 Å². The van der Waals surface area contributed by atoms with Crippen LogP contribution in [0.1, 0.15) is 22.3 Å². The fourth-order valence-corrected chi connectivity index (χ4v) is 9.61. The fourth-order valence-electron chi connectivity index (χ4n) is 9.61. The molecule has 11 aromatic rings. The Balaban J connectivity index is 1.05. The molecule has 0 radical (unpaired) electrons. The predicted molar refractivity (Wildman–Crippen MR) is 251 cm³/mol. The van der Waals surface area contributed by atoms with Crippen LogP contribution >= 0.6 is 0 Å². The van der Waals surface area contributed by atoms with Gasteiger partial charge in [0.15, 0.2) is 17.5 Å². The van der Waals surface area contributed by atoms with Gasteiger partial charge in [-0.3, -0.25) is 0 Å². The van der Waals surface area contributed by atoms with E-state index in [2.05, 4.69) is 224 Å². The standard InChI is InChI=1S/C58H37N3/c1-3-17-49(18-4-1)58(50-19-5-2-6-20-50)53-22-12-11-21-51(53)52-32-31-47(37-54(52)58)57-60-55(45-29-25-39-14-8-10-16-42(39)34-45)59-56(61-57)46-30-26-40-24-28-44(35-48(40)36-46)43-27-23-38-13-7-9-15-41(38)33-43/h1-37H. The van der Waals surface area contributed by atoms with Crippen molar-refractivity contribution in [3.63, 3.8) is 0 Å². The Labute approximate surface area is 354 Å². The van der Waals surface area contributed by atoms with E-state index in [9.17, 15) is 0 Å². The average Bonchev–Trinajstić information content (AvgIpc) is 3.64. The number of hydrogen-bond donors (Lipinski definition) is 0. The van der Waals surface area contributed by atoms with E-state index in [0.29, 0.717) is 17.5 Å². The van der Waals surface area contributed by atoms with Crippen LogP contribution in [0.15, 0.2) is 224 Å². The molecule has 1 heterocycles. The summed E-state index contributed by atoms with van der Waals surface area (Å²) in [6, 6.07) is 80.7. The Morgan fingerprint density at radius 3 is 1.20 bits per heavy atom. The molecule has 0 atom stereocenters. The SMILES string of the molecule is c1ccc(C2(c3ccccc3)c3ccccc3-c3ccc(-c4nc(-c5ccc6ccccc6c5)nc(-c5ccc6ccc(-c7ccc8ccccc8c7)cc6c5)n4)cc32)cc1. The Bertz CT molecular complexity index is 3440. The molecular weight excluding hydrogens is 739 g/mol. The number of rotatable bonds is 6. The second-order valence-corrected chi connectivity index (χ2v) is 16.0. The van der Waals surface area contributed by atoms with Crippen molar-refractivity contribution in [1.82, 2.24) is 15.0 Å². The lowest BCUT2D eigenvalue weighted by molar-refractivity contribution is 0.768. The first kappa shape index (κ1) is 35.0. The van der Waals surface area contributed by atoms with Crippen molar-refractivity contribution < 1.29 is 0 Å². The minimum absolute atomic E-state index is 0.539. The van der Waals surface area contributed by atoms with Gasteiger partial charge in [-0.05, 0) is 107 Å². The van der Waals surface area contributed by atoms with Gasteiger partial charge in [-0.15, -0.1) is 0 Å². The Morgan fingerprint density at radius 2 is 0.623 bits per heavy atom. The first-order chi connectivity index (χ1) is 30.2. The van der Waals surface area contributed by atoms with E-state index in [-0.39, 0.29) is 0 Å². The van der Waals surface area contributed by atoms with E-state index >= 15 is 0 Å². The van der Waals surface area contributed by atoms with E-state index in [1.807, 2.05) is 0 Å².